The van der Waals surface area contributed by atoms with E-state index in [1.54, 1.807) is 0 Å². The molecule has 0 radical (unpaired) electrons. The van der Waals surface area contributed by atoms with Gasteiger partial charge in [0.25, 0.3) is 0 Å². The quantitative estimate of drug-likeness (QED) is 0.687. The van der Waals surface area contributed by atoms with E-state index in [-0.39, 0.29) is 0 Å². The molecule has 1 aromatic carbocycles. The number of rotatable bonds is 9. The van der Waals surface area contributed by atoms with Crippen LogP contribution < -0.4 is 10.1 Å². The molecule has 0 spiro atoms. The van der Waals surface area contributed by atoms with E-state index in [9.17, 15) is 0 Å². The van der Waals surface area contributed by atoms with Crippen LogP contribution in [0.3, 0.4) is 0 Å². The first-order valence-electron chi connectivity index (χ1n) is 8.00. The topological polar surface area (TPSA) is 21.3 Å². The summed E-state index contributed by atoms with van der Waals surface area (Å²) in [7, 11) is 0. The smallest absolute Gasteiger partial charge is 0.119 e. The number of unbranched alkanes of at least 4 members (excludes halogenated alkanes) is 2. The Hall–Kier alpha value is -0.320. The lowest BCUT2D eigenvalue weighted by molar-refractivity contribution is 0.306. The molecule has 0 amide bonds. The maximum atomic E-state index is 5.74. The number of ether oxygens (including phenoxy) is 1. The molecule has 2 rings (SSSR count). The molecule has 1 N–H and O–H groups in total. The van der Waals surface area contributed by atoms with Crippen molar-refractivity contribution in [2.75, 3.05) is 30.4 Å². The maximum absolute atomic E-state index is 5.74. The van der Waals surface area contributed by atoms with Crippen molar-refractivity contribution in [3.05, 3.63) is 29.8 Å². The Morgan fingerprint density at radius 3 is 2.76 bits per heavy atom. The van der Waals surface area contributed by atoms with Crippen LogP contribution in [0.15, 0.2) is 24.3 Å². The molecular weight excluding hydrogens is 298 g/mol. The molecule has 2 nitrogen and oxygen atoms in total. The predicted octanol–water partition coefficient (Wildman–Crippen LogP) is 4.19. The van der Waals surface area contributed by atoms with Crippen LogP contribution in [0.2, 0.25) is 0 Å². The lowest BCUT2D eigenvalue weighted by atomic mass is 10.2. The van der Waals surface area contributed by atoms with Crippen molar-refractivity contribution >= 4 is 23.5 Å². The molecule has 0 saturated carbocycles. The summed E-state index contributed by atoms with van der Waals surface area (Å²) in [6, 6.07) is 8.53. The van der Waals surface area contributed by atoms with Gasteiger partial charge >= 0.3 is 0 Å². The van der Waals surface area contributed by atoms with Gasteiger partial charge in [-0.25, -0.2) is 0 Å². The van der Waals surface area contributed by atoms with Gasteiger partial charge in [0.2, 0.25) is 0 Å². The van der Waals surface area contributed by atoms with Crippen molar-refractivity contribution in [3.8, 4) is 5.75 Å². The Kier molecular flexibility index (Phi) is 8.45. The fourth-order valence-electron chi connectivity index (χ4n) is 2.28. The van der Waals surface area contributed by atoms with Crippen LogP contribution in [0, 0.1) is 0 Å². The highest BCUT2D eigenvalue weighted by atomic mass is 32.2. The van der Waals surface area contributed by atoms with Crippen LogP contribution >= 0.6 is 23.5 Å². The molecular formula is C17H27NOS2. The number of thioether (sulfide) groups is 2. The van der Waals surface area contributed by atoms with Gasteiger partial charge in [-0.05, 0) is 24.1 Å². The zero-order valence-electron chi connectivity index (χ0n) is 13.0. The van der Waals surface area contributed by atoms with E-state index >= 15 is 0 Å². The predicted molar refractivity (Wildman–Crippen MR) is 96.7 cm³/mol. The summed E-state index contributed by atoms with van der Waals surface area (Å²) in [5.41, 5.74) is 1.34. The average Bonchev–Trinajstić information content (AvgIpc) is 2.54. The fraction of sp³-hybridized carbons (Fsp3) is 0.647. The monoisotopic (exact) mass is 325 g/mol. The van der Waals surface area contributed by atoms with Crippen LogP contribution in [-0.2, 0) is 6.54 Å². The molecule has 21 heavy (non-hydrogen) atoms. The molecule has 1 fully saturated rings. The van der Waals surface area contributed by atoms with Gasteiger partial charge in [0.05, 0.1) is 6.61 Å². The van der Waals surface area contributed by atoms with E-state index in [1.165, 1.54) is 35.7 Å². The number of hydrogen-bond donors (Lipinski definition) is 1. The molecule has 1 heterocycles. The molecule has 1 unspecified atom stereocenters. The average molecular weight is 326 g/mol. The van der Waals surface area contributed by atoms with E-state index in [0.717, 1.165) is 37.1 Å². The van der Waals surface area contributed by atoms with Crippen molar-refractivity contribution in [3.63, 3.8) is 0 Å². The summed E-state index contributed by atoms with van der Waals surface area (Å²) in [5.74, 6) is 4.92. The Balaban J connectivity index is 1.62. The second kappa shape index (κ2) is 10.4. The van der Waals surface area contributed by atoms with Gasteiger partial charge < -0.3 is 10.1 Å². The minimum Gasteiger partial charge on any atom is -0.494 e. The van der Waals surface area contributed by atoms with Crippen LogP contribution in [0.25, 0.3) is 0 Å². The van der Waals surface area contributed by atoms with Gasteiger partial charge in [0.1, 0.15) is 5.75 Å². The first kappa shape index (κ1) is 17.0. The van der Waals surface area contributed by atoms with Gasteiger partial charge in [-0.15, -0.1) is 0 Å². The van der Waals surface area contributed by atoms with Crippen LogP contribution in [0.5, 0.6) is 5.75 Å². The van der Waals surface area contributed by atoms with Crippen molar-refractivity contribution in [1.82, 2.24) is 5.32 Å². The molecule has 1 saturated heterocycles. The molecule has 0 bridgehead atoms. The Morgan fingerprint density at radius 1 is 1.19 bits per heavy atom. The molecule has 0 aromatic heterocycles. The highest BCUT2D eigenvalue weighted by Crippen LogP contribution is 2.23. The third-order valence-electron chi connectivity index (χ3n) is 3.53. The highest BCUT2D eigenvalue weighted by molar-refractivity contribution is 8.06. The van der Waals surface area contributed by atoms with Crippen molar-refractivity contribution in [1.29, 1.82) is 0 Å². The normalized spacial score (nSPS) is 18.6. The number of hydrogen-bond acceptors (Lipinski definition) is 4. The minimum absolute atomic E-state index is 0.782. The zero-order valence-corrected chi connectivity index (χ0v) is 14.6. The van der Waals surface area contributed by atoms with Crippen molar-refractivity contribution < 1.29 is 4.74 Å². The standard InChI is InChI=1S/C17H27NOS2/c1-2-3-4-9-19-16-7-5-15(6-8-16)12-18-13-17-14-20-10-11-21-17/h5-8,17-18H,2-4,9-14H2,1H3. The Labute approximate surface area is 137 Å². The third-order valence-corrected chi connectivity index (χ3v) is 6.37. The molecule has 1 aliphatic heterocycles. The number of benzene rings is 1. The van der Waals surface area contributed by atoms with Gasteiger partial charge in [-0.2, -0.15) is 23.5 Å². The summed E-state index contributed by atoms with van der Waals surface area (Å²) < 4.78 is 5.74. The van der Waals surface area contributed by atoms with Gasteiger partial charge in [-0.1, -0.05) is 31.9 Å². The molecule has 1 aromatic rings. The maximum Gasteiger partial charge on any atom is 0.119 e. The number of nitrogens with one attached hydrogen (secondary N) is 1. The van der Waals surface area contributed by atoms with Crippen LogP contribution in [-0.4, -0.2) is 35.7 Å². The summed E-state index contributed by atoms with van der Waals surface area (Å²) >= 11 is 4.20. The van der Waals surface area contributed by atoms with E-state index in [4.69, 9.17) is 4.74 Å². The summed E-state index contributed by atoms with van der Waals surface area (Å²) in [6.07, 6.45) is 3.64. The van der Waals surface area contributed by atoms with Crippen LogP contribution in [0.1, 0.15) is 31.7 Å². The molecule has 4 heteroatoms. The lowest BCUT2D eigenvalue weighted by Crippen LogP contribution is -2.28. The highest BCUT2D eigenvalue weighted by Gasteiger charge is 2.13. The fourth-order valence-corrected chi connectivity index (χ4v) is 4.92. The minimum atomic E-state index is 0.782. The van der Waals surface area contributed by atoms with E-state index in [1.807, 2.05) is 0 Å². The van der Waals surface area contributed by atoms with E-state index in [2.05, 4.69) is 60.0 Å². The second-order valence-corrected chi connectivity index (χ2v) is 7.96. The lowest BCUT2D eigenvalue weighted by Gasteiger charge is -2.21. The molecule has 1 atom stereocenters. The van der Waals surface area contributed by atoms with Crippen molar-refractivity contribution in [2.24, 2.45) is 0 Å². The SMILES string of the molecule is CCCCCOc1ccc(CNCC2CSCCS2)cc1. The summed E-state index contributed by atoms with van der Waals surface area (Å²) in [5, 5.41) is 4.36. The van der Waals surface area contributed by atoms with Crippen LogP contribution in [0.4, 0.5) is 0 Å². The third kappa shape index (κ3) is 6.98. The van der Waals surface area contributed by atoms with Crippen molar-refractivity contribution in [2.45, 2.75) is 38.0 Å². The largest absolute Gasteiger partial charge is 0.494 e. The molecule has 1 aliphatic rings. The molecule has 118 valence electrons. The molecule has 0 aliphatic carbocycles. The Bertz CT molecular complexity index is 377. The summed E-state index contributed by atoms with van der Waals surface area (Å²) in [6.45, 7) is 5.12. The first-order valence-corrected chi connectivity index (χ1v) is 10.2. The van der Waals surface area contributed by atoms with E-state index < -0.39 is 0 Å². The summed E-state index contributed by atoms with van der Waals surface area (Å²) in [4.78, 5) is 0. The van der Waals surface area contributed by atoms with E-state index in [0.29, 0.717) is 0 Å². The van der Waals surface area contributed by atoms with Gasteiger partial charge in [0, 0.05) is 35.6 Å². The van der Waals surface area contributed by atoms with Gasteiger partial charge in [0.15, 0.2) is 0 Å². The Morgan fingerprint density at radius 2 is 2.05 bits per heavy atom. The first-order chi connectivity index (χ1) is 10.4. The zero-order chi connectivity index (χ0) is 14.8. The second-order valence-electron chi connectivity index (χ2n) is 5.40. The van der Waals surface area contributed by atoms with Gasteiger partial charge in [-0.3, -0.25) is 0 Å².